The maximum absolute atomic E-state index is 9.98. The van der Waals surface area contributed by atoms with Crippen molar-refractivity contribution in [1.82, 2.24) is 13.7 Å². The fourth-order valence-electron chi connectivity index (χ4n) is 9.53. The van der Waals surface area contributed by atoms with E-state index in [1.165, 1.54) is 32.6 Å². The summed E-state index contributed by atoms with van der Waals surface area (Å²) in [6.07, 6.45) is 0. The van der Waals surface area contributed by atoms with Gasteiger partial charge in [0.1, 0.15) is 0 Å². The molecule has 0 unspecified atom stereocenters. The van der Waals surface area contributed by atoms with Crippen LogP contribution in [0.2, 0.25) is 0 Å². The van der Waals surface area contributed by atoms with E-state index in [-0.39, 0.29) is 0 Å². The van der Waals surface area contributed by atoms with Crippen molar-refractivity contribution in [2.45, 2.75) is 0 Å². The van der Waals surface area contributed by atoms with Gasteiger partial charge in [-0.15, -0.1) is 0 Å². The summed E-state index contributed by atoms with van der Waals surface area (Å²) in [4.78, 5) is 3.73. The monoisotopic (exact) mass is 775 g/mol. The Morgan fingerprint density at radius 2 is 0.705 bits per heavy atom. The molecule has 5 nitrogen and oxygen atoms in total. The second kappa shape index (κ2) is 13.5. The van der Waals surface area contributed by atoms with Crippen LogP contribution in [0.4, 0.5) is 5.69 Å². The molecule has 0 bridgehead atoms. The second-order valence-corrected chi connectivity index (χ2v) is 15.6. The summed E-state index contributed by atoms with van der Waals surface area (Å²) in [5, 5.41) is 17.0. The average molecular weight is 776 g/mol. The number of rotatable bonds is 5. The molecule has 0 aliphatic rings. The highest BCUT2D eigenvalue weighted by Gasteiger charge is 2.19. The lowest BCUT2D eigenvalue weighted by atomic mass is 9.98. The zero-order valence-corrected chi connectivity index (χ0v) is 32.8. The van der Waals surface area contributed by atoms with E-state index in [1.807, 2.05) is 12.1 Å². The first-order valence-electron chi connectivity index (χ1n) is 20.3. The molecule has 3 heterocycles. The molecule has 0 spiro atoms. The molecule has 282 valence electrons. The van der Waals surface area contributed by atoms with Gasteiger partial charge in [0.25, 0.3) is 0 Å². The molecule has 12 aromatic rings. The van der Waals surface area contributed by atoms with Crippen LogP contribution in [0.5, 0.6) is 0 Å². The molecule has 61 heavy (non-hydrogen) atoms. The molecule has 0 saturated carbocycles. The lowest BCUT2D eigenvalue weighted by Gasteiger charge is -2.10. The van der Waals surface area contributed by atoms with E-state index < -0.39 is 0 Å². The summed E-state index contributed by atoms with van der Waals surface area (Å²) in [5.74, 6) is 0. The van der Waals surface area contributed by atoms with Gasteiger partial charge in [0.05, 0.1) is 45.7 Å². The number of hydrogen-bond donors (Lipinski definition) is 0. The molecule has 0 radical (unpaired) electrons. The van der Waals surface area contributed by atoms with E-state index >= 15 is 0 Å². The van der Waals surface area contributed by atoms with Gasteiger partial charge >= 0.3 is 0 Å². The van der Waals surface area contributed by atoms with Gasteiger partial charge < -0.3 is 13.7 Å². The third-order valence-electron chi connectivity index (χ3n) is 12.2. The zero-order valence-electron chi connectivity index (χ0n) is 32.8. The number of nitriles is 1. The minimum Gasteiger partial charge on any atom is -0.310 e. The fraction of sp³-hybridized carbons (Fsp3) is 0. The van der Waals surface area contributed by atoms with E-state index in [9.17, 15) is 5.26 Å². The average Bonchev–Trinajstić information content (AvgIpc) is 3.96. The van der Waals surface area contributed by atoms with Crippen LogP contribution in [0, 0.1) is 17.9 Å². The first kappa shape index (κ1) is 34.4. The predicted octanol–water partition coefficient (Wildman–Crippen LogP) is 14.7. The number of para-hydroxylation sites is 4. The van der Waals surface area contributed by atoms with Crippen LogP contribution in [0.3, 0.4) is 0 Å². The normalized spacial score (nSPS) is 11.6. The summed E-state index contributed by atoms with van der Waals surface area (Å²) in [6.45, 7) is 7.83. The Morgan fingerprint density at radius 3 is 1.11 bits per heavy atom. The molecular formula is C56H33N5. The van der Waals surface area contributed by atoms with E-state index in [4.69, 9.17) is 6.57 Å². The van der Waals surface area contributed by atoms with Crippen molar-refractivity contribution in [3.63, 3.8) is 0 Å². The van der Waals surface area contributed by atoms with Gasteiger partial charge in [-0.25, -0.2) is 4.85 Å². The van der Waals surface area contributed by atoms with Crippen LogP contribution in [-0.2, 0) is 0 Å². The Bertz CT molecular complexity index is 3590. The summed E-state index contributed by atoms with van der Waals surface area (Å²) in [5.41, 5.74) is 15.1. The topological polar surface area (TPSA) is 42.9 Å². The van der Waals surface area contributed by atoms with Crippen molar-refractivity contribution in [3.8, 4) is 45.4 Å². The standard InChI is InChI=1S/C56H33N5/c1-58-41-28-36(35-57)29-44(34-41)61-55-26-22-39(37-20-24-53-47(30-37)45-16-8-10-18-51(45)59(53)42-12-4-2-5-13-42)32-49(55)50-33-40(23-27-56(50)61)38-21-25-54-48(31-38)46-17-9-11-19-52(46)60(54)43-14-6-3-7-15-43/h2-34H. The second-order valence-electron chi connectivity index (χ2n) is 15.6. The highest BCUT2D eigenvalue weighted by molar-refractivity contribution is 6.14. The van der Waals surface area contributed by atoms with E-state index in [0.29, 0.717) is 11.3 Å². The van der Waals surface area contributed by atoms with Gasteiger partial charge in [-0.3, -0.25) is 0 Å². The Morgan fingerprint density at radius 1 is 0.344 bits per heavy atom. The predicted molar refractivity (Wildman–Crippen MR) is 251 cm³/mol. The molecule has 0 saturated heterocycles. The molecule has 0 aliphatic carbocycles. The highest BCUT2D eigenvalue weighted by atomic mass is 15.0. The van der Waals surface area contributed by atoms with Crippen molar-refractivity contribution in [1.29, 1.82) is 5.26 Å². The Balaban J connectivity index is 1.07. The molecule has 12 rings (SSSR count). The molecule has 3 aromatic heterocycles. The summed E-state index contributed by atoms with van der Waals surface area (Å²) < 4.78 is 6.88. The Labute approximate surface area is 351 Å². The molecule has 9 aromatic carbocycles. The molecule has 0 amide bonds. The number of hydrogen-bond acceptors (Lipinski definition) is 1. The van der Waals surface area contributed by atoms with Crippen LogP contribution in [-0.4, -0.2) is 13.7 Å². The van der Waals surface area contributed by atoms with Crippen molar-refractivity contribution in [3.05, 3.63) is 217 Å². The SMILES string of the molecule is [C-]#[N+]c1cc(C#N)cc(-n2c3ccc(-c4ccc5c(c4)c4ccccc4n5-c4ccccc4)cc3c3cc(-c4ccc5c(c4)c4ccccc4n5-c4ccccc4)ccc32)c1. The molecule has 0 fully saturated rings. The lowest BCUT2D eigenvalue weighted by molar-refractivity contribution is 1.18. The largest absolute Gasteiger partial charge is 0.310 e. The quantitative estimate of drug-likeness (QED) is 0.161. The van der Waals surface area contributed by atoms with Crippen molar-refractivity contribution >= 4 is 71.1 Å². The Kier molecular flexibility index (Phi) is 7.59. The lowest BCUT2D eigenvalue weighted by Crippen LogP contribution is -1.95. The molecule has 0 N–H and O–H groups in total. The highest BCUT2D eigenvalue weighted by Crippen LogP contribution is 2.41. The van der Waals surface area contributed by atoms with Gasteiger partial charge in [-0.05, 0) is 125 Å². The Hall–Kier alpha value is -8.64. The first-order valence-corrected chi connectivity index (χ1v) is 20.3. The van der Waals surface area contributed by atoms with Gasteiger partial charge in [0.15, 0.2) is 5.69 Å². The van der Waals surface area contributed by atoms with Crippen LogP contribution in [0.15, 0.2) is 200 Å². The van der Waals surface area contributed by atoms with E-state index in [0.717, 1.165) is 72.2 Å². The minimum atomic E-state index is 0.434. The zero-order chi connectivity index (χ0) is 40.6. The third-order valence-corrected chi connectivity index (χ3v) is 12.2. The third kappa shape index (κ3) is 5.32. The molecule has 5 heteroatoms. The van der Waals surface area contributed by atoms with Gasteiger partial charge in [-0.2, -0.15) is 5.26 Å². The van der Waals surface area contributed by atoms with E-state index in [1.54, 1.807) is 6.07 Å². The van der Waals surface area contributed by atoms with Crippen LogP contribution >= 0.6 is 0 Å². The van der Waals surface area contributed by atoms with Crippen molar-refractivity contribution < 1.29 is 0 Å². The smallest absolute Gasteiger partial charge is 0.190 e. The number of fused-ring (bicyclic) bond motifs is 9. The summed E-state index contributed by atoms with van der Waals surface area (Å²) >= 11 is 0. The maximum Gasteiger partial charge on any atom is 0.190 e. The molecular weight excluding hydrogens is 743 g/mol. The van der Waals surface area contributed by atoms with Crippen molar-refractivity contribution in [2.24, 2.45) is 0 Å². The molecule has 0 aliphatic heterocycles. The van der Waals surface area contributed by atoms with Gasteiger partial charge in [-0.1, -0.05) is 97.1 Å². The maximum atomic E-state index is 9.98. The van der Waals surface area contributed by atoms with E-state index in [2.05, 4.69) is 207 Å². The van der Waals surface area contributed by atoms with Crippen LogP contribution < -0.4 is 0 Å². The number of nitrogens with zero attached hydrogens (tertiary/aromatic N) is 5. The van der Waals surface area contributed by atoms with Crippen molar-refractivity contribution in [2.75, 3.05) is 0 Å². The van der Waals surface area contributed by atoms with Crippen LogP contribution in [0.1, 0.15) is 5.56 Å². The van der Waals surface area contributed by atoms with Crippen LogP contribution in [0.25, 0.3) is 110 Å². The molecule has 0 atom stereocenters. The summed E-state index contributed by atoms with van der Waals surface area (Å²) in [6, 6.07) is 73.0. The summed E-state index contributed by atoms with van der Waals surface area (Å²) in [7, 11) is 0. The minimum absolute atomic E-state index is 0.434. The first-order chi connectivity index (χ1) is 30.1. The fourth-order valence-corrected chi connectivity index (χ4v) is 9.53. The number of benzene rings is 9. The van der Waals surface area contributed by atoms with Gasteiger partial charge in [0.2, 0.25) is 0 Å². The van der Waals surface area contributed by atoms with Gasteiger partial charge in [0, 0.05) is 54.9 Å². The number of aromatic nitrogens is 3.